The van der Waals surface area contributed by atoms with Crippen LogP contribution in [0.4, 0.5) is 0 Å². The summed E-state index contributed by atoms with van der Waals surface area (Å²) in [5.41, 5.74) is 0. The number of aliphatic hydroxyl groups is 1. The van der Waals surface area contributed by atoms with Crippen molar-refractivity contribution in [3.05, 3.63) is 0 Å². The predicted octanol–water partition coefficient (Wildman–Crippen LogP) is 9.95. The Balaban J connectivity index is 4.47. The van der Waals surface area contributed by atoms with Crippen molar-refractivity contribution >= 4 is 11.9 Å². The third-order valence-corrected chi connectivity index (χ3v) is 8.77. The van der Waals surface area contributed by atoms with Crippen molar-refractivity contribution in [1.82, 2.24) is 0 Å². The monoisotopic (exact) mass is 585 g/mol. The summed E-state index contributed by atoms with van der Waals surface area (Å²) in [4.78, 5) is 25.8. The van der Waals surface area contributed by atoms with Crippen LogP contribution < -0.4 is 0 Å². The summed E-state index contributed by atoms with van der Waals surface area (Å²) in [6.07, 6.45) is 26.7. The summed E-state index contributed by atoms with van der Waals surface area (Å²) >= 11 is 0. The first-order valence-corrected chi connectivity index (χ1v) is 17.6. The van der Waals surface area contributed by atoms with E-state index in [1.807, 2.05) is 6.92 Å². The highest BCUT2D eigenvalue weighted by Gasteiger charge is 2.54. The van der Waals surface area contributed by atoms with E-state index in [2.05, 4.69) is 13.8 Å². The lowest BCUT2D eigenvalue weighted by Gasteiger charge is -2.46. The number of unbranched alkanes of at least 4 members (excludes halogenated alkanes) is 20. The van der Waals surface area contributed by atoms with Gasteiger partial charge in [-0.15, -0.1) is 0 Å². The second kappa shape index (κ2) is 25.4. The highest BCUT2D eigenvalue weighted by atomic mass is 16.8. The van der Waals surface area contributed by atoms with Gasteiger partial charge in [-0.3, -0.25) is 9.59 Å². The maximum absolute atomic E-state index is 12.9. The van der Waals surface area contributed by atoms with Gasteiger partial charge in [0, 0.05) is 19.8 Å². The van der Waals surface area contributed by atoms with Gasteiger partial charge in [0.15, 0.2) is 6.23 Å². The van der Waals surface area contributed by atoms with Gasteiger partial charge in [-0.2, -0.15) is 0 Å². The van der Waals surface area contributed by atoms with E-state index in [0.29, 0.717) is 12.8 Å². The van der Waals surface area contributed by atoms with Crippen molar-refractivity contribution in [3.8, 4) is 0 Å². The number of rotatable bonds is 29. The molecule has 0 aromatic carbocycles. The van der Waals surface area contributed by atoms with Crippen molar-refractivity contribution in [1.29, 1.82) is 0 Å². The molecular formula is C35H70NO5+. The van der Waals surface area contributed by atoms with Crippen LogP contribution in [0.3, 0.4) is 0 Å². The van der Waals surface area contributed by atoms with Crippen LogP contribution >= 0.6 is 0 Å². The number of hydrogen-bond acceptors (Lipinski definition) is 5. The van der Waals surface area contributed by atoms with E-state index < -0.39 is 12.1 Å². The molecule has 0 fully saturated rings. The van der Waals surface area contributed by atoms with Gasteiger partial charge in [0.05, 0.1) is 20.5 Å². The molecule has 0 aliphatic rings. The van der Waals surface area contributed by atoms with Gasteiger partial charge in [-0.25, -0.2) is 4.48 Å². The molecule has 41 heavy (non-hydrogen) atoms. The van der Waals surface area contributed by atoms with E-state index in [-0.39, 0.29) is 22.8 Å². The summed E-state index contributed by atoms with van der Waals surface area (Å²) in [5, 5.41) is 10.5. The van der Waals surface area contributed by atoms with Gasteiger partial charge in [-0.05, 0) is 12.8 Å². The first-order valence-electron chi connectivity index (χ1n) is 17.6. The largest absolute Gasteiger partial charge is 0.409 e. The van der Waals surface area contributed by atoms with Gasteiger partial charge < -0.3 is 14.6 Å². The lowest BCUT2D eigenvalue weighted by molar-refractivity contribution is -1.02. The van der Waals surface area contributed by atoms with Gasteiger partial charge in [0.2, 0.25) is 0 Å². The molecule has 0 aromatic rings. The zero-order valence-electron chi connectivity index (χ0n) is 28.3. The molecule has 0 amide bonds. The standard InChI is InChI=1S/C35H70NO5/c1-7-10-12-14-16-18-20-22-24-26-28-30-33(38)40-35(9-3,36(5,6)32(4)37)41-34(39)31-29-27-25-23-21-19-17-15-13-11-8-2/h32,37H,7-31H2,1-6H3/q+1. The molecule has 6 nitrogen and oxygen atoms in total. The van der Waals surface area contributed by atoms with Crippen LogP contribution in [0.5, 0.6) is 0 Å². The van der Waals surface area contributed by atoms with Crippen molar-refractivity contribution < 1.29 is 28.7 Å². The Bertz CT molecular complexity index is 594. The van der Waals surface area contributed by atoms with Crippen LogP contribution in [0, 0.1) is 0 Å². The van der Waals surface area contributed by atoms with Crippen molar-refractivity contribution in [2.24, 2.45) is 0 Å². The third kappa shape index (κ3) is 18.9. The van der Waals surface area contributed by atoms with Gasteiger partial charge >= 0.3 is 17.8 Å². The predicted molar refractivity (Wildman–Crippen MR) is 171 cm³/mol. The first kappa shape index (κ1) is 39.9. The molecule has 0 aliphatic carbocycles. The fraction of sp³-hybridized carbons (Fsp3) is 0.943. The number of esters is 2. The number of hydrogen-bond donors (Lipinski definition) is 1. The van der Waals surface area contributed by atoms with Gasteiger partial charge in [0.25, 0.3) is 0 Å². The summed E-state index contributed by atoms with van der Waals surface area (Å²) in [5.74, 6) is -2.26. The quantitative estimate of drug-likeness (QED) is 0.0410. The van der Waals surface area contributed by atoms with Crippen LogP contribution in [0.15, 0.2) is 0 Å². The molecule has 244 valence electrons. The zero-order valence-corrected chi connectivity index (χ0v) is 28.3. The smallest absolute Gasteiger partial charge is 0.374 e. The third-order valence-electron chi connectivity index (χ3n) is 8.77. The number of carbonyl (C=O) groups excluding carboxylic acids is 2. The van der Waals surface area contributed by atoms with Crippen LogP contribution in [0.2, 0.25) is 0 Å². The van der Waals surface area contributed by atoms with E-state index in [1.165, 1.54) is 103 Å². The van der Waals surface area contributed by atoms with Crippen LogP contribution in [0.1, 0.15) is 188 Å². The molecule has 1 N–H and O–H groups in total. The molecule has 0 saturated carbocycles. The Kier molecular flexibility index (Phi) is 24.7. The summed E-state index contributed by atoms with van der Waals surface area (Å²) in [7, 11) is 3.50. The van der Waals surface area contributed by atoms with E-state index in [0.717, 1.165) is 38.5 Å². The average molecular weight is 585 g/mol. The molecule has 0 aliphatic heterocycles. The van der Waals surface area contributed by atoms with Gasteiger partial charge in [0.1, 0.15) is 0 Å². The summed E-state index contributed by atoms with van der Waals surface area (Å²) in [6.45, 7) is 7.98. The fourth-order valence-electron chi connectivity index (χ4n) is 5.42. The minimum atomic E-state index is -1.53. The summed E-state index contributed by atoms with van der Waals surface area (Å²) in [6, 6.07) is 0. The van der Waals surface area contributed by atoms with E-state index in [4.69, 9.17) is 9.47 Å². The van der Waals surface area contributed by atoms with E-state index >= 15 is 0 Å². The molecule has 6 heteroatoms. The maximum atomic E-state index is 12.9. The van der Waals surface area contributed by atoms with E-state index in [9.17, 15) is 14.7 Å². The SMILES string of the molecule is CCCCCCCCCCCCCC(=O)OC(CC)(OC(=O)CCCCCCCCCCCCC)[N+](C)(C)C(C)O. The molecule has 0 radical (unpaired) electrons. The molecule has 0 heterocycles. The molecule has 0 bridgehead atoms. The van der Waals surface area contributed by atoms with Crippen molar-refractivity contribution in [3.63, 3.8) is 0 Å². The lowest BCUT2D eigenvalue weighted by Crippen LogP contribution is -2.67. The number of nitrogens with zero attached hydrogens (tertiary/aromatic N) is 1. The number of quaternary nitrogens is 1. The fourth-order valence-corrected chi connectivity index (χ4v) is 5.42. The molecule has 0 aromatic heterocycles. The highest BCUT2D eigenvalue weighted by molar-refractivity contribution is 5.71. The molecule has 1 unspecified atom stereocenters. The molecule has 0 spiro atoms. The maximum Gasteiger partial charge on any atom is 0.409 e. The second-order valence-corrected chi connectivity index (χ2v) is 12.8. The Morgan fingerprint density at radius 2 is 0.829 bits per heavy atom. The van der Waals surface area contributed by atoms with Crippen molar-refractivity contribution in [2.75, 3.05) is 14.1 Å². The molecular weight excluding hydrogens is 514 g/mol. The number of ether oxygens (including phenoxy) is 2. The number of carbonyl (C=O) groups is 2. The number of aliphatic hydroxyl groups excluding tert-OH is 1. The van der Waals surface area contributed by atoms with Gasteiger partial charge in [-0.1, -0.05) is 149 Å². The molecule has 1 atom stereocenters. The topological polar surface area (TPSA) is 72.8 Å². The van der Waals surface area contributed by atoms with Crippen LogP contribution in [0.25, 0.3) is 0 Å². The highest BCUT2D eigenvalue weighted by Crippen LogP contribution is 2.32. The van der Waals surface area contributed by atoms with E-state index in [1.54, 1.807) is 21.0 Å². The summed E-state index contributed by atoms with van der Waals surface area (Å²) < 4.78 is 11.7. The van der Waals surface area contributed by atoms with Crippen LogP contribution in [-0.4, -0.2) is 47.8 Å². The molecule has 0 saturated heterocycles. The Labute approximate surface area is 254 Å². The molecule has 0 rings (SSSR count). The minimum Gasteiger partial charge on any atom is -0.374 e. The second-order valence-electron chi connectivity index (χ2n) is 12.8. The van der Waals surface area contributed by atoms with Crippen molar-refractivity contribution in [2.45, 2.75) is 200 Å². The Hall–Kier alpha value is -1.14. The minimum absolute atomic E-state index is 0.141. The first-order chi connectivity index (χ1) is 19.7. The zero-order chi connectivity index (χ0) is 30.8. The van der Waals surface area contributed by atoms with Crippen LogP contribution in [-0.2, 0) is 19.1 Å². The lowest BCUT2D eigenvalue weighted by atomic mass is 10.1. The Morgan fingerprint density at radius 1 is 0.561 bits per heavy atom. The normalized spacial score (nSPS) is 12.9. The Morgan fingerprint density at radius 3 is 1.07 bits per heavy atom. The average Bonchev–Trinajstić information content (AvgIpc) is 2.94.